The summed E-state index contributed by atoms with van der Waals surface area (Å²) in [6.07, 6.45) is 7.03. The Bertz CT molecular complexity index is 4230. The third-order valence-electron chi connectivity index (χ3n) is 13.7. The number of carbonyl (C=O) groups is 1. The monoisotopic (exact) mass is 1080 g/mol. The molecule has 9 rings (SSSR count). The number of carboxylic acids is 1. The van der Waals surface area contributed by atoms with Crippen molar-refractivity contribution < 1.29 is 61.8 Å². The third kappa shape index (κ3) is 9.06. The van der Waals surface area contributed by atoms with E-state index >= 15 is 0 Å². The Morgan fingerprint density at radius 3 is 1.78 bits per heavy atom. The van der Waals surface area contributed by atoms with Gasteiger partial charge in [0, 0.05) is 52.0 Å². The Morgan fingerprint density at radius 2 is 1.16 bits per heavy atom. The maximum atomic E-state index is 13.2. The van der Waals surface area contributed by atoms with Gasteiger partial charge in [-0.3, -0.25) is 18.2 Å². The number of carboxylic acid groups (broad SMARTS) is 1. The highest BCUT2D eigenvalue weighted by Gasteiger charge is 2.48. The molecule has 2 aliphatic heterocycles. The first kappa shape index (κ1) is 51.7. The molecule has 74 heavy (non-hydrogen) atoms. The second-order valence-corrected chi connectivity index (χ2v) is 24.9. The first-order valence-corrected chi connectivity index (χ1v) is 28.3. The molecule has 0 unspecified atom stereocenters. The highest BCUT2D eigenvalue weighted by Crippen LogP contribution is 2.55. The van der Waals surface area contributed by atoms with Gasteiger partial charge in [-0.1, -0.05) is 74.0 Å². The summed E-state index contributed by atoms with van der Waals surface area (Å²) in [4.78, 5) is 11.4. The summed E-state index contributed by atoms with van der Waals surface area (Å²) < 4.78 is 144. The van der Waals surface area contributed by atoms with Crippen LogP contribution in [0.5, 0.6) is 0 Å². The minimum Gasteiger partial charge on any atom is -0.478 e. The van der Waals surface area contributed by atoms with Gasteiger partial charge in [-0.25, -0.2) is 4.79 Å². The summed E-state index contributed by atoms with van der Waals surface area (Å²) in [5.41, 5.74) is 4.73. The van der Waals surface area contributed by atoms with E-state index in [0.29, 0.717) is 33.8 Å². The number of aryl methyl sites for hydroxylation is 2. The summed E-state index contributed by atoms with van der Waals surface area (Å²) in [6.45, 7) is 11.6. The number of rotatable bonds is 11. The molecule has 16 nitrogen and oxygen atoms in total. The number of allylic oxidation sites excluding steroid dienone is 6. The van der Waals surface area contributed by atoms with Crippen LogP contribution in [-0.2, 0) is 51.3 Å². The van der Waals surface area contributed by atoms with Gasteiger partial charge in [-0.2, -0.15) is 38.2 Å². The van der Waals surface area contributed by atoms with Crippen molar-refractivity contribution in [1.82, 2.24) is 4.58 Å². The number of anilines is 2. The lowest BCUT2D eigenvalue weighted by atomic mass is 9.78. The van der Waals surface area contributed by atoms with Gasteiger partial charge >= 0.3 is 5.97 Å². The fourth-order valence-corrected chi connectivity index (χ4v) is 12.5. The quantitative estimate of drug-likeness (QED) is 0.0458. The molecule has 2 aliphatic rings. The van der Waals surface area contributed by atoms with E-state index in [4.69, 9.17) is 0 Å². The van der Waals surface area contributed by atoms with Crippen LogP contribution in [0.1, 0.15) is 65.9 Å². The van der Waals surface area contributed by atoms with E-state index < -0.39 is 72.0 Å². The zero-order valence-corrected chi connectivity index (χ0v) is 43.6. The molecule has 0 atom stereocenters. The first-order chi connectivity index (χ1) is 34.4. The van der Waals surface area contributed by atoms with E-state index in [2.05, 4.69) is 6.07 Å². The molecule has 0 saturated heterocycles. The van der Waals surface area contributed by atoms with Crippen molar-refractivity contribution in [3.63, 3.8) is 0 Å². The van der Waals surface area contributed by atoms with E-state index in [1.807, 2.05) is 56.5 Å². The van der Waals surface area contributed by atoms with Crippen LogP contribution in [0, 0.1) is 13.8 Å². The van der Waals surface area contributed by atoms with Crippen LogP contribution in [-0.4, -0.2) is 68.7 Å². The summed E-state index contributed by atoms with van der Waals surface area (Å²) in [5, 5.41) is 11.7. The Balaban J connectivity index is 1.34. The molecule has 2 heterocycles. The van der Waals surface area contributed by atoms with Gasteiger partial charge in [0.05, 0.1) is 26.5 Å². The lowest BCUT2D eigenvalue weighted by Crippen LogP contribution is -2.28. The molecular weight excluding hydrogens is 1030 g/mol. The molecule has 0 bridgehead atoms. The van der Waals surface area contributed by atoms with Gasteiger partial charge in [-0.15, -0.1) is 0 Å². The smallest absolute Gasteiger partial charge is 0.335 e. The van der Waals surface area contributed by atoms with Gasteiger partial charge in [0.15, 0.2) is 5.71 Å². The average molecular weight is 1080 g/mol. The standard InChI is InChI=1S/C54H46N2O14S4/c1-31-13-21-41-43(25-31)32(2)26-45-50(41)53(3,4)48(55(45)36-9-7-11-38(27-36)71(59,60)61)23-18-34(33-14-16-35(17-15-33)52(57)58)19-24-49-54(5,6)51-42-22-20-40(73(65,66)67)29-44(42)47(74(68,69)70)30-46(51)56(49)37-10-8-12-39(28-37)72(62,63)64/h7-30H,1-6H3,(H4-,57,58,59,60,61,62,63,64,65,66,67,68,69,70)/p+1. The number of hydrogen-bond donors (Lipinski definition) is 5. The predicted octanol–water partition coefficient (Wildman–Crippen LogP) is 10.5. The second-order valence-electron chi connectivity index (χ2n) is 19.2. The molecule has 0 saturated carbocycles. The molecule has 0 aliphatic carbocycles. The van der Waals surface area contributed by atoms with Crippen molar-refractivity contribution in [2.24, 2.45) is 0 Å². The van der Waals surface area contributed by atoms with E-state index in [1.165, 1.54) is 53.4 Å². The Morgan fingerprint density at radius 1 is 0.581 bits per heavy atom. The number of fused-ring (bicyclic) bond motifs is 6. The molecule has 0 amide bonds. The van der Waals surface area contributed by atoms with Crippen molar-refractivity contribution >= 4 is 102 Å². The summed E-state index contributed by atoms with van der Waals surface area (Å²) in [6, 6.07) is 29.7. The molecule has 7 aromatic rings. The number of nitrogens with zero attached hydrogens (tertiary/aromatic N) is 2. The van der Waals surface area contributed by atoms with Crippen LogP contribution in [0.3, 0.4) is 0 Å². The van der Waals surface area contributed by atoms with Gasteiger partial charge in [0.1, 0.15) is 9.79 Å². The average Bonchev–Trinajstić information content (AvgIpc) is 3.68. The molecule has 0 aromatic heterocycles. The highest BCUT2D eigenvalue weighted by molar-refractivity contribution is 7.86. The Hall–Kier alpha value is -7.14. The van der Waals surface area contributed by atoms with Gasteiger partial charge in [0.25, 0.3) is 40.5 Å². The minimum absolute atomic E-state index is 0.00416. The Kier molecular flexibility index (Phi) is 12.4. The zero-order chi connectivity index (χ0) is 53.8. The topological polar surface area (TPSA) is 261 Å². The van der Waals surface area contributed by atoms with Crippen molar-refractivity contribution in [1.29, 1.82) is 0 Å². The first-order valence-electron chi connectivity index (χ1n) is 22.6. The molecule has 0 spiro atoms. The van der Waals surface area contributed by atoms with Crippen LogP contribution in [0.4, 0.5) is 22.7 Å². The zero-order valence-electron chi connectivity index (χ0n) is 40.3. The van der Waals surface area contributed by atoms with Crippen LogP contribution in [0.15, 0.2) is 171 Å². The van der Waals surface area contributed by atoms with Crippen molar-refractivity contribution in [3.8, 4) is 0 Å². The van der Waals surface area contributed by atoms with Gasteiger partial charge in [-0.05, 0) is 133 Å². The molecule has 7 aromatic carbocycles. The lowest BCUT2D eigenvalue weighted by Gasteiger charge is -2.27. The summed E-state index contributed by atoms with van der Waals surface area (Å²) in [5.74, 6) is -1.17. The molecule has 380 valence electrons. The Labute approximate surface area is 427 Å². The molecule has 0 fully saturated rings. The van der Waals surface area contributed by atoms with Crippen LogP contribution in [0.2, 0.25) is 0 Å². The minimum atomic E-state index is -5.14. The lowest BCUT2D eigenvalue weighted by molar-refractivity contribution is 0.0696. The second kappa shape index (κ2) is 17.8. The molecule has 5 N–H and O–H groups in total. The largest absolute Gasteiger partial charge is 0.478 e. The predicted molar refractivity (Wildman–Crippen MR) is 283 cm³/mol. The number of benzene rings is 7. The van der Waals surface area contributed by atoms with E-state index in [1.54, 1.807) is 50.3 Å². The maximum absolute atomic E-state index is 13.2. The number of aromatic carboxylic acids is 1. The van der Waals surface area contributed by atoms with Crippen molar-refractivity contribution in [2.45, 2.75) is 72.0 Å². The van der Waals surface area contributed by atoms with Crippen molar-refractivity contribution in [2.75, 3.05) is 4.90 Å². The van der Waals surface area contributed by atoms with Crippen molar-refractivity contribution in [3.05, 3.63) is 185 Å². The fourth-order valence-electron chi connectivity index (χ4n) is 10.2. The highest BCUT2D eigenvalue weighted by atomic mass is 32.2. The SMILES string of the molecule is Cc1ccc2c3c(cc(C)c2c1)[N+](c1cccc(S(=O)(=O)O)c1)=C(/C=C/C(=C/C=C1/N(c2cccc(S(=O)(=O)O)c2)c2cc(S(=O)(=O)O)c4cc(S(=O)(=O)O)ccc4c2C1(C)C)c1ccc(C(=O)O)cc1)C3(C)C. The van der Waals surface area contributed by atoms with Crippen LogP contribution < -0.4 is 9.48 Å². The van der Waals surface area contributed by atoms with E-state index in [9.17, 15) is 61.8 Å². The molecule has 0 radical (unpaired) electrons. The maximum Gasteiger partial charge on any atom is 0.335 e. The van der Waals surface area contributed by atoms with Gasteiger partial charge in [0.2, 0.25) is 11.4 Å². The molecule has 20 heteroatoms. The summed E-state index contributed by atoms with van der Waals surface area (Å²) >= 11 is 0. The van der Waals surface area contributed by atoms with Crippen LogP contribution in [0.25, 0.3) is 27.1 Å². The number of hydrogen-bond acceptors (Lipinski definition) is 10. The fraction of sp³-hybridized carbons (Fsp3) is 0.148. The summed E-state index contributed by atoms with van der Waals surface area (Å²) in [7, 11) is -19.5. The van der Waals surface area contributed by atoms with Gasteiger partial charge < -0.3 is 10.0 Å². The normalized spacial score (nSPS) is 16.4. The molecular formula is C54H47N2O14S4+. The van der Waals surface area contributed by atoms with E-state index in [-0.39, 0.29) is 32.6 Å². The van der Waals surface area contributed by atoms with Crippen LogP contribution >= 0.6 is 0 Å². The third-order valence-corrected chi connectivity index (χ3v) is 17.1. The van der Waals surface area contributed by atoms with E-state index in [0.717, 1.165) is 63.5 Å².